The molecule has 2 unspecified atom stereocenters. The lowest BCUT2D eigenvalue weighted by Crippen LogP contribution is -2.39. The van der Waals surface area contributed by atoms with Gasteiger partial charge in [-0.15, -0.1) is 24.0 Å². The van der Waals surface area contributed by atoms with E-state index in [1.54, 1.807) is 7.11 Å². The van der Waals surface area contributed by atoms with Gasteiger partial charge in [0.25, 0.3) is 0 Å². The molecule has 0 aromatic heterocycles. The van der Waals surface area contributed by atoms with Crippen LogP contribution in [0.1, 0.15) is 25.0 Å². The Balaban J connectivity index is 0.00000264. The van der Waals surface area contributed by atoms with Crippen LogP contribution < -0.4 is 10.6 Å². The molecule has 1 aromatic rings. The number of hydrogen-bond donors (Lipinski definition) is 2. The predicted molar refractivity (Wildman–Crippen MR) is 105 cm³/mol. The van der Waals surface area contributed by atoms with Crippen molar-refractivity contribution in [3.8, 4) is 0 Å². The molecule has 2 N–H and O–H groups in total. The average molecular weight is 433 g/mol. The lowest BCUT2D eigenvalue weighted by Gasteiger charge is -2.18. The van der Waals surface area contributed by atoms with E-state index >= 15 is 0 Å². The number of rotatable bonds is 7. The molecule has 0 spiro atoms. The average Bonchev–Trinajstić information content (AvgIpc) is 3.02. The van der Waals surface area contributed by atoms with Gasteiger partial charge in [0.05, 0.1) is 12.7 Å². The Morgan fingerprint density at radius 3 is 2.78 bits per heavy atom. The Kier molecular flexibility index (Phi) is 10.2. The molecule has 6 heteroatoms. The van der Waals surface area contributed by atoms with E-state index in [1.807, 2.05) is 6.07 Å². The topological polar surface area (TPSA) is 54.9 Å². The van der Waals surface area contributed by atoms with E-state index in [0.29, 0.717) is 12.5 Å². The molecule has 1 aliphatic heterocycles. The molecular formula is C17H28IN3O2. The van der Waals surface area contributed by atoms with Gasteiger partial charge in [-0.3, -0.25) is 4.99 Å². The number of halogens is 1. The van der Waals surface area contributed by atoms with E-state index < -0.39 is 0 Å². The zero-order valence-corrected chi connectivity index (χ0v) is 16.3. The molecule has 0 amide bonds. The van der Waals surface area contributed by atoms with Crippen LogP contribution in [0.3, 0.4) is 0 Å². The van der Waals surface area contributed by atoms with Crippen LogP contribution in [0.4, 0.5) is 0 Å². The molecule has 0 bridgehead atoms. The lowest BCUT2D eigenvalue weighted by molar-refractivity contribution is 0.0925. The Labute approximate surface area is 156 Å². The number of nitrogens with zero attached hydrogens (tertiary/aromatic N) is 1. The zero-order chi connectivity index (χ0) is 15.6. The second-order valence-corrected chi connectivity index (χ2v) is 5.39. The fourth-order valence-corrected chi connectivity index (χ4v) is 2.65. The van der Waals surface area contributed by atoms with Crippen molar-refractivity contribution >= 4 is 29.9 Å². The van der Waals surface area contributed by atoms with Gasteiger partial charge in [0.1, 0.15) is 0 Å². The van der Waals surface area contributed by atoms with Crippen molar-refractivity contribution in [2.45, 2.75) is 19.4 Å². The maximum absolute atomic E-state index is 5.91. The highest BCUT2D eigenvalue weighted by Gasteiger charge is 2.29. The molecule has 0 saturated carbocycles. The summed E-state index contributed by atoms with van der Waals surface area (Å²) in [5.41, 5.74) is 1.25. The van der Waals surface area contributed by atoms with Gasteiger partial charge in [0, 0.05) is 39.3 Å². The molecule has 2 rings (SSSR count). The lowest BCUT2D eigenvalue weighted by atomic mass is 9.95. The Morgan fingerprint density at radius 1 is 1.30 bits per heavy atom. The van der Waals surface area contributed by atoms with Gasteiger partial charge in [-0.05, 0) is 18.9 Å². The summed E-state index contributed by atoms with van der Waals surface area (Å²) in [5, 5.41) is 6.54. The first-order chi connectivity index (χ1) is 10.8. The predicted octanol–water partition coefficient (Wildman–Crippen LogP) is 2.58. The first kappa shape index (κ1) is 20.2. The molecule has 2 atom stereocenters. The summed E-state index contributed by atoms with van der Waals surface area (Å²) in [5.74, 6) is 1.28. The second-order valence-electron chi connectivity index (χ2n) is 5.39. The summed E-state index contributed by atoms with van der Waals surface area (Å²) in [6.07, 6.45) is 1.22. The minimum atomic E-state index is 0. The maximum atomic E-state index is 5.91. The number of aliphatic imine (C=N–C) groups is 1. The quantitative estimate of drug-likeness (QED) is 0.301. The Bertz CT molecular complexity index is 456. The van der Waals surface area contributed by atoms with Crippen molar-refractivity contribution in [1.29, 1.82) is 0 Å². The fourth-order valence-electron chi connectivity index (χ4n) is 2.65. The molecule has 0 radical (unpaired) electrons. The van der Waals surface area contributed by atoms with E-state index in [1.165, 1.54) is 5.56 Å². The highest BCUT2D eigenvalue weighted by atomic mass is 127. The third kappa shape index (κ3) is 6.64. The van der Waals surface area contributed by atoms with Gasteiger partial charge in [-0.2, -0.15) is 0 Å². The first-order valence-electron chi connectivity index (χ1n) is 8.02. The summed E-state index contributed by atoms with van der Waals surface area (Å²) in [6.45, 7) is 5.92. The van der Waals surface area contributed by atoms with Crippen LogP contribution in [0, 0.1) is 5.92 Å². The van der Waals surface area contributed by atoms with Crippen LogP contribution in [0.25, 0.3) is 0 Å². The normalized spacial score (nSPS) is 20.9. The number of hydrogen-bond acceptors (Lipinski definition) is 3. The molecule has 23 heavy (non-hydrogen) atoms. The molecule has 130 valence electrons. The summed E-state index contributed by atoms with van der Waals surface area (Å²) in [7, 11) is 1.70. The van der Waals surface area contributed by atoms with Crippen molar-refractivity contribution in [2.24, 2.45) is 10.9 Å². The van der Waals surface area contributed by atoms with Crippen LogP contribution >= 0.6 is 24.0 Å². The highest BCUT2D eigenvalue weighted by Crippen LogP contribution is 2.34. The Hall–Kier alpha value is -0.860. The number of ether oxygens (including phenoxy) is 2. The van der Waals surface area contributed by atoms with Gasteiger partial charge in [0.2, 0.25) is 0 Å². The minimum absolute atomic E-state index is 0. The summed E-state index contributed by atoms with van der Waals surface area (Å²) in [4.78, 5) is 4.70. The number of nitrogens with one attached hydrogen (secondary N) is 2. The molecule has 0 aliphatic carbocycles. The molecule has 5 nitrogen and oxygen atoms in total. The van der Waals surface area contributed by atoms with Crippen LogP contribution in [-0.4, -0.2) is 45.9 Å². The largest absolute Gasteiger partial charge is 0.383 e. The standard InChI is InChI=1S/C17H27N3O2.HI/c1-3-18-17(19-10-12-21-2)20-13-15-9-11-22-16(15)14-7-5-4-6-8-14;/h4-8,15-16H,3,9-13H2,1-2H3,(H2,18,19,20);1H. The SMILES string of the molecule is CCNC(=NCC1CCOC1c1ccccc1)NCCOC.I. The van der Waals surface area contributed by atoms with E-state index in [4.69, 9.17) is 14.5 Å². The number of benzene rings is 1. The molecule has 1 saturated heterocycles. The molecule has 1 aliphatic rings. The molecule has 1 aromatic carbocycles. The van der Waals surface area contributed by atoms with Crippen molar-refractivity contribution in [3.05, 3.63) is 35.9 Å². The summed E-state index contributed by atoms with van der Waals surface area (Å²) >= 11 is 0. The monoisotopic (exact) mass is 433 g/mol. The maximum Gasteiger partial charge on any atom is 0.191 e. The van der Waals surface area contributed by atoms with Crippen LogP contribution in [0.2, 0.25) is 0 Å². The van der Waals surface area contributed by atoms with E-state index in [2.05, 4.69) is 41.8 Å². The third-order valence-electron chi connectivity index (χ3n) is 3.77. The minimum Gasteiger partial charge on any atom is -0.383 e. The first-order valence-corrected chi connectivity index (χ1v) is 8.02. The highest BCUT2D eigenvalue weighted by molar-refractivity contribution is 14.0. The van der Waals surface area contributed by atoms with Crippen LogP contribution in [0.15, 0.2) is 35.3 Å². The van der Waals surface area contributed by atoms with Gasteiger partial charge < -0.3 is 20.1 Å². The Morgan fingerprint density at radius 2 is 2.09 bits per heavy atom. The smallest absolute Gasteiger partial charge is 0.191 e. The van der Waals surface area contributed by atoms with Crippen molar-refractivity contribution in [3.63, 3.8) is 0 Å². The van der Waals surface area contributed by atoms with Gasteiger partial charge in [-0.1, -0.05) is 30.3 Å². The van der Waals surface area contributed by atoms with E-state index in [9.17, 15) is 0 Å². The molecular weight excluding hydrogens is 405 g/mol. The van der Waals surface area contributed by atoms with Gasteiger partial charge >= 0.3 is 0 Å². The molecule has 1 heterocycles. The summed E-state index contributed by atoms with van der Waals surface area (Å²) < 4.78 is 11.0. The van der Waals surface area contributed by atoms with Crippen molar-refractivity contribution < 1.29 is 9.47 Å². The molecule has 1 fully saturated rings. The summed E-state index contributed by atoms with van der Waals surface area (Å²) in [6, 6.07) is 10.4. The van der Waals surface area contributed by atoms with E-state index in [-0.39, 0.29) is 30.1 Å². The second kappa shape index (κ2) is 11.6. The van der Waals surface area contributed by atoms with Crippen molar-refractivity contribution in [2.75, 3.05) is 40.0 Å². The number of methoxy groups -OCH3 is 1. The van der Waals surface area contributed by atoms with Gasteiger partial charge in [-0.25, -0.2) is 0 Å². The van der Waals surface area contributed by atoms with Crippen LogP contribution in [0.5, 0.6) is 0 Å². The van der Waals surface area contributed by atoms with Crippen molar-refractivity contribution in [1.82, 2.24) is 10.6 Å². The third-order valence-corrected chi connectivity index (χ3v) is 3.77. The van der Waals surface area contributed by atoms with E-state index in [0.717, 1.165) is 38.6 Å². The zero-order valence-electron chi connectivity index (χ0n) is 14.0. The van der Waals surface area contributed by atoms with Gasteiger partial charge in [0.15, 0.2) is 5.96 Å². The fraction of sp³-hybridized carbons (Fsp3) is 0.588. The van der Waals surface area contributed by atoms with Crippen LogP contribution in [-0.2, 0) is 9.47 Å². The number of guanidine groups is 1.